The third-order valence-electron chi connectivity index (χ3n) is 2.32. The van der Waals surface area contributed by atoms with Crippen LogP contribution < -0.4 is 11.1 Å². The zero-order chi connectivity index (χ0) is 13.5. The summed E-state index contributed by atoms with van der Waals surface area (Å²) in [5.74, 6) is -1.26. The van der Waals surface area contributed by atoms with Gasteiger partial charge in [-0.15, -0.1) is 0 Å². The van der Waals surface area contributed by atoms with Crippen molar-refractivity contribution >= 4 is 23.4 Å². The number of nitrogens with two attached hydrogens (primary N) is 1. The number of hydrogen-bond donors (Lipinski definition) is 2. The molecule has 0 aliphatic heterocycles. The number of nitrogens with one attached hydrogen (secondary N) is 1. The van der Waals surface area contributed by atoms with Gasteiger partial charge in [0.15, 0.2) is 0 Å². The van der Waals surface area contributed by atoms with Gasteiger partial charge in [-0.1, -0.05) is 17.7 Å². The quantitative estimate of drug-likeness (QED) is 0.769. The van der Waals surface area contributed by atoms with Crippen molar-refractivity contribution in [2.24, 2.45) is 5.73 Å². The van der Waals surface area contributed by atoms with Gasteiger partial charge in [-0.3, -0.25) is 9.59 Å². The lowest BCUT2D eigenvalue weighted by atomic mass is 10.1. The van der Waals surface area contributed by atoms with Crippen LogP contribution in [0.2, 0.25) is 5.02 Å². The maximum absolute atomic E-state index is 13.4. The number of hydrogen-bond acceptors (Lipinski definition) is 2. The molecule has 0 saturated heterocycles. The van der Waals surface area contributed by atoms with Crippen LogP contribution in [0.1, 0.15) is 18.4 Å². The second kappa shape index (κ2) is 6.96. The van der Waals surface area contributed by atoms with Crippen molar-refractivity contribution in [2.45, 2.75) is 19.3 Å². The first-order chi connectivity index (χ1) is 8.50. The van der Waals surface area contributed by atoms with Gasteiger partial charge in [-0.05, 0) is 18.6 Å². The highest BCUT2D eigenvalue weighted by atomic mass is 35.5. The molecule has 0 fully saturated rings. The van der Waals surface area contributed by atoms with Crippen molar-refractivity contribution < 1.29 is 14.0 Å². The predicted octanol–water partition coefficient (Wildman–Crippen LogP) is 1.40. The van der Waals surface area contributed by atoms with E-state index in [1.54, 1.807) is 0 Å². The predicted molar refractivity (Wildman–Crippen MR) is 66.6 cm³/mol. The fourth-order valence-electron chi connectivity index (χ4n) is 1.41. The van der Waals surface area contributed by atoms with Crippen molar-refractivity contribution in [2.75, 3.05) is 6.54 Å². The van der Waals surface area contributed by atoms with Gasteiger partial charge in [0, 0.05) is 23.6 Å². The Labute approximate surface area is 109 Å². The van der Waals surface area contributed by atoms with E-state index in [0.29, 0.717) is 13.0 Å². The molecular weight excluding hydrogens is 259 g/mol. The summed E-state index contributed by atoms with van der Waals surface area (Å²) in [6, 6.07) is 4.26. The van der Waals surface area contributed by atoms with Crippen LogP contribution in [0.25, 0.3) is 0 Å². The third kappa shape index (κ3) is 4.71. The van der Waals surface area contributed by atoms with E-state index in [1.807, 2.05) is 0 Å². The van der Waals surface area contributed by atoms with E-state index in [1.165, 1.54) is 18.2 Å². The highest BCUT2D eigenvalue weighted by Crippen LogP contribution is 2.19. The number of carbonyl (C=O) groups is 2. The first kappa shape index (κ1) is 14.4. The summed E-state index contributed by atoms with van der Waals surface area (Å²) in [4.78, 5) is 22.0. The molecule has 18 heavy (non-hydrogen) atoms. The van der Waals surface area contributed by atoms with Crippen molar-refractivity contribution in [3.8, 4) is 0 Å². The monoisotopic (exact) mass is 272 g/mol. The highest BCUT2D eigenvalue weighted by molar-refractivity contribution is 6.31. The molecule has 0 spiro atoms. The van der Waals surface area contributed by atoms with Crippen LogP contribution in [0, 0.1) is 5.82 Å². The van der Waals surface area contributed by atoms with Crippen LogP contribution in [0.15, 0.2) is 18.2 Å². The molecule has 0 aliphatic carbocycles. The molecule has 2 amide bonds. The minimum Gasteiger partial charge on any atom is -0.370 e. The molecule has 1 aromatic carbocycles. The number of benzene rings is 1. The van der Waals surface area contributed by atoms with Crippen LogP contribution in [0.3, 0.4) is 0 Å². The van der Waals surface area contributed by atoms with Crippen LogP contribution in [0.5, 0.6) is 0 Å². The summed E-state index contributed by atoms with van der Waals surface area (Å²) < 4.78 is 13.4. The fourth-order valence-corrected chi connectivity index (χ4v) is 1.64. The normalized spacial score (nSPS) is 10.1. The lowest BCUT2D eigenvalue weighted by molar-refractivity contribution is -0.121. The molecule has 0 saturated carbocycles. The average Bonchev–Trinajstić information content (AvgIpc) is 2.29. The van der Waals surface area contributed by atoms with Gasteiger partial charge in [-0.2, -0.15) is 0 Å². The molecule has 98 valence electrons. The average molecular weight is 273 g/mol. The number of amides is 2. The molecule has 0 aromatic heterocycles. The Morgan fingerprint density at radius 1 is 1.39 bits per heavy atom. The lowest BCUT2D eigenvalue weighted by Gasteiger charge is -2.07. The maximum Gasteiger partial charge on any atom is 0.224 e. The first-order valence-corrected chi connectivity index (χ1v) is 5.86. The number of primary amides is 1. The van der Waals surface area contributed by atoms with E-state index in [-0.39, 0.29) is 29.3 Å². The van der Waals surface area contributed by atoms with Gasteiger partial charge < -0.3 is 11.1 Å². The van der Waals surface area contributed by atoms with Crippen molar-refractivity contribution in [1.29, 1.82) is 0 Å². The maximum atomic E-state index is 13.4. The summed E-state index contributed by atoms with van der Waals surface area (Å²) in [6.07, 6.45) is 0.550. The van der Waals surface area contributed by atoms with E-state index in [9.17, 15) is 14.0 Å². The van der Waals surface area contributed by atoms with E-state index in [0.717, 1.165) is 0 Å². The van der Waals surface area contributed by atoms with Crippen LogP contribution >= 0.6 is 11.6 Å². The molecule has 3 N–H and O–H groups in total. The molecule has 0 unspecified atom stereocenters. The molecule has 4 nitrogen and oxygen atoms in total. The summed E-state index contributed by atoms with van der Waals surface area (Å²) in [5.41, 5.74) is 5.13. The topological polar surface area (TPSA) is 72.2 Å². The minimum absolute atomic E-state index is 0.123. The summed E-state index contributed by atoms with van der Waals surface area (Å²) in [6.45, 7) is 0.327. The molecule has 0 bridgehead atoms. The standard InChI is InChI=1S/C12H14ClFN2O2/c13-9-3-1-4-10(14)8(9)7-12(18)16-6-2-5-11(15)17/h1,3-4H,2,5-7H2,(H2,15,17)(H,16,18). The Balaban J connectivity index is 2.43. The second-order valence-electron chi connectivity index (χ2n) is 3.80. The molecule has 1 rings (SSSR count). The largest absolute Gasteiger partial charge is 0.370 e. The van der Waals surface area contributed by atoms with Gasteiger partial charge in [0.05, 0.1) is 6.42 Å². The number of rotatable bonds is 6. The molecule has 0 aliphatic rings. The Morgan fingerprint density at radius 3 is 2.72 bits per heavy atom. The Kier molecular flexibility index (Phi) is 5.58. The third-order valence-corrected chi connectivity index (χ3v) is 2.68. The molecule has 6 heteroatoms. The summed E-state index contributed by atoms with van der Waals surface area (Å²) in [7, 11) is 0. The van der Waals surface area contributed by atoms with Crippen molar-refractivity contribution in [3.63, 3.8) is 0 Å². The van der Waals surface area contributed by atoms with Crippen LogP contribution in [-0.2, 0) is 16.0 Å². The van der Waals surface area contributed by atoms with Crippen LogP contribution in [-0.4, -0.2) is 18.4 Å². The fraction of sp³-hybridized carbons (Fsp3) is 0.333. The lowest BCUT2D eigenvalue weighted by Crippen LogP contribution is -2.27. The molecular formula is C12H14ClFN2O2. The van der Waals surface area contributed by atoms with Gasteiger partial charge in [-0.25, -0.2) is 4.39 Å². The minimum atomic E-state index is -0.505. The number of halogens is 2. The molecule has 0 atom stereocenters. The summed E-state index contributed by atoms with van der Waals surface area (Å²) >= 11 is 5.80. The van der Waals surface area contributed by atoms with E-state index in [2.05, 4.69) is 5.32 Å². The smallest absolute Gasteiger partial charge is 0.224 e. The zero-order valence-corrected chi connectivity index (χ0v) is 10.5. The van der Waals surface area contributed by atoms with Crippen molar-refractivity contribution in [3.05, 3.63) is 34.6 Å². The van der Waals surface area contributed by atoms with Gasteiger partial charge >= 0.3 is 0 Å². The van der Waals surface area contributed by atoms with Crippen LogP contribution in [0.4, 0.5) is 4.39 Å². The SMILES string of the molecule is NC(=O)CCCNC(=O)Cc1c(F)cccc1Cl. The molecule has 0 radical (unpaired) electrons. The Hall–Kier alpha value is -1.62. The first-order valence-electron chi connectivity index (χ1n) is 5.48. The van der Waals surface area contributed by atoms with Gasteiger partial charge in [0.25, 0.3) is 0 Å². The summed E-state index contributed by atoms with van der Waals surface area (Å²) in [5, 5.41) is 2.79. The van der Waals surface area contributed by atoms with Gasteiger partial charge in [0.2, 0.25) is 11.8 Å². The number of carbonyl (C=O) groups excluding carboxylic acids is 2. The van der Waals surface area contributed by atoms with E-state index in [4.69, 9.17) is 17.3 Å². The highest BCUT2D eigenvalue weighted by Gasteiger charge is 2.11. The van der Waals surface area contributed by atoms with Crippen molar-refractivity contribution in [1.82, 2.24) is 5.32 Å². The second-order valence-corrected chi connectivity index (χ2v) is 4.20. The Morgan fingerprint density at radius 2 is 2.11 bits per heavy atom. The zero-order valence-electron chi connectivity index (χ0n) is 9.71. The van der Waals surface area contributed by atoms with E-state index < -0.39 is 11.7 Å². The Bertz CT molecular complexity index is 431. The molecule has 0 heterocycles. The molecule has 1 aromatic rings. The van der Waals surface area contributed by atoms with E-state index >= 15 is 0 Å². The van der Waals surface area contributed by atoms with Gasteiger partial charge in [0.1, 0.15) is 5.82 Å².